The van der Waals surface area contributed by atoms with Gasteiger partial charge in [0.05, 0.1) is 6.61 Å². The second-order valence-electron chi connectivity index (χ2n) is 3.14. The number of hydrogen-bond acceptors (Lipinski definition) is 3. The van der Waals surface area contributed by atoms with E-state index in [-0.39, 0.29) is 24.5 Å². The molecule has 1 aliphatic rings. The van der Waals surface area contributed by atoms with E-state index in [1.54, 1.807) is 0 Å². The van der Waals surface area contributed by atoms with E-state index in [4.69, 9.17) is 15.9 Å². The molecule has 0 unspecified atom stereocenters. The van der Waals surface area contributed by atoms with Crippen LogP contribution in [0.15, 0.2) is 0 Å². The maximum atomic E-state index is 8.95. The van der Waals surface area contributed by atoms with E-state index in [0.29, 0.717) is 6.54 Å². The lowest BCUT2D eigenvalue weighted by molar-refractivity contribution is -0.0460. The Labute approximate surface area is 60.9 Å². The summed E-state index contributed by atoms with van der Waals surface area (Å²) in [6.45, 7) is 0.779. The average Bonchev–Trinajstić information content (AvgIpc) is 1.90. The monoisotopic (exact) mass is 145 g/mol. The molecule has 1 saturated carbocycles. The normalized spacial score (nSPS) is 39.3. The minimum absolute atomic E-state index is 0.120. The molecule has 0 heterocycles. The first-order valence-electron chi connectivity index (χ1n) is 3.71. The molecular weight excluding hydrogens is 130 g/mol. The fourth-order valence-corrected chi connectivity index (χ4v) is 1.58. The van der Waals surface area contributed by atoms with Crippen molar-refractivity contribution < 1.29 is 10.2 Å². The van der Waals surface area contributed by atoms with Crippen LogP contribution in [0, 0.1) is 11.3 Å². The van der Waals surface area contributed by atoms with Crippen LogP contribution in [0.3, 0.4) is 0 Å². The van der Waals surface area contributed by atoms with Gasteiger partial charge in [0.2, 0.25) is 0 Å². The van der Waals surface area contributed by atoms with Crippen molar-refractivity contribution in [1.29, 1.82) is 0 Å². The molecule has 0 spiro atoms. The van der Waals surface area contributed by atoms with Crippen molar-refractivity contribution in [2.24, 2.45) is 17.1 Å². The molecule has 2 atom stereocenters. The van der Waals surface area contributed by atoms with Crippen LogP contribution in [0.4, 0.5) is 0 Å². The lowest BCUT2D eigenvalue weighted by atomic mass is 9.61. The van der Waals surface area contributed by atoms with E-state index in [9.17, 15) is 0 Å². The zero-order valence-corrected chi connectivity index (χ0v) is 6.08. The number of hydrogen-bond donors (Lipinski definition) is 3. The number of aliphatic hydroxyl groups excluding tert-OH is 2. The van der Waals surface area contributed by atoms with Gasteiger partial charge in [-0.3, -0.25) is 0 Å². The van der Waals surface area contributed by atoms with Crippen LogP contribution in [0.5, 0.6) is 0 Å². The SMILES string of the molecule is NC[C@@]1(CO)CC[C@H]1CO. The number of rotatable bonds is 3. The fraction of sp³-hybridized carbons (Fsp3) is 1.00. The maximum absolute atomic E-state index is 8.95. The predicted octanol–water partition coefficient (Wildman–Crippen LogP) is -0.674. The molecule has 0 aromatic rings. The molecule has 3 nitrogen and oxygen atoms in total. The highest BCUT2D eigenvalue weighted by molar-refractivity contribution is 4.95. The summed E-state index contributed by atoms with van der Waals surface area (Å²) in [5, 5.41) is 17.8. The molecular formula is C7H15NO2. The van der Waals surface area contributed by atoms with Crippen LogP contribution in [-0.4, -0.2) is 30.0 Å². The summed E-state index contributed by atoms with van der Waals surface area (Å²) in [6, 6.07) is 0. The summed E-state index contributed by atoms with van der Waals surface area (Å²) in [4.78, 5) is 0. The van der Waals surface area contributed by atoms with Crippen molar-refractivity contribution in [3.63, 3.8) is 0 Å². The van der Waals surface area contributed by atoms with Crippen molar-refractivity contribution in [2.45, 2.75) is 12.8 Å². The van der Waals surface area contributed by atoms with Gasteiger partial charge in [0, 0.05) is 18.6 Å². The van der Waals surface area contributed by atoms with Gasteiger partial charge < -0.3 is 15.9 Å². The Balaban J connectivity index is 2.48. The van der Waals surface area contributed by atoms with Gasteiger partial charge >= 0.3 is 0 Å². The van der Waals surface area contributed by atoms with Gasteiger partial charge in [0.1, 0.15) is 0 Å². The van der Waals surface area contributed by atoms with Gasteiger partial charge in [0.15, 0.2) is 0 Å². The smallest absolute Gasteiger partial charge is 0.0503 e. The Morgan fingerprint density at radius 2 is 2.20 bits per heavy atom. The van der Waals surface area contributed by atoms with Gasteiger partial charge in [-0.25, -0.2) is 0 Å². The zero-order valence-electron chi connectivity index (χ0n) is 6.08. The third-order valence-corrected chi connectivity index (χ3v) is 2.80. The van der Waals surface area contributed by atoms with Gasteiger partial charge in [0.25, 0.3) is 0 Å². The summed E-state index contributed by atoms with van der Waals surface area (Å²) in [5.74, 6) is 0.238. The Morgan fingerprint density at radius 1 is 1.50 bits per heavy atom. The second-order valence-corrected chi connectivity index (χ2v) is 3.14. The van der Waals surface area contributed by atoms with Crippen molar-refractivity contribution in [3.05, 3.63) is 0 Å². The lowest BCUT2D eigenvalue weighted by Crippen LogP contribution is -2.50. The molecule has 0 saturated heterocycles. The Morgan fingerprint density at radius 3 is 2.30 bits per heavy atom. The quantitative estimate of drug-likeness (QED) is 0.493. The molecule has 60 valence electrons. The van der Waals surface area contributed by atoms with E-state index in [1.165, 1.54) is 0 Å². The summed E-state index contributed by atoms with van der Waals surface area (Å²) >= 11 is 0. The number of aliphatic hydroxyl groups is 2. The third-order valence-electron chi connectivity index (χ3n) is 2.80. The Bertz CT molecular complexity index is 105. The largest absolute Gasteiger partial charge is 0.396 e. The van der Waals surface area contributed by atoms with E-state index in [2.05, 4.69) is 0 Å². The maximum Gasteiger partial charge on any atom is 0.0503 e. The molecule has 0 radical (unpaired) electrons. The van der Waals surface area contributed by atoms with Crippen LogP contribution in [0.1, 0.15) is 12.8 Å². The highest BCUT2D eigenvalue weighted by atomic mass is 16.3. The molecule has 1 rings (SSSR count). The molecule has 0 aromatic carbocycles. The van der Waals surface area contributed by atoms with Crippen molar-refractivity contribution >= 4 is 0 Å². The van der Waals surface area contributed by atoms with Gasteiger partial charge in [-0.05, 0) is 18.8 Å². The molecule has 4 N–H and O–H groups in total. The zero-order chi connectivity index (χ0) is 7.61. The summed E-state index contributed by atoms with van der Waals surface area (Å²) in [6.07, 6.45) is 1.97. The second kappa shape index (κ2) is 2.86. The topological polar surface area (TPSA) is 66.5 Å². The highest BCUT2D eigenvalue weighted by Gasteiger charge is 2.44. The van der Waals surface area contributed by atoms with Crippen LogP contribution >= 0.6 is 0 Å². The van der Waals surface area contributed by atoms with E-state index < -0.39 is 0 Å². The van der Waals surface area contributed by atoms with Crippen LogP contribution in [0.25, 0.3) is 0 Å². The molecule has 1 aliphatic carbocycles. The molecule has 0 aromatic heterocycles. The van der Waals surface area contributed by atoms with Crippen LogP contribution in [0.2, 0.25) is 0 Å². The highest BCUT2D eigenvalue weighted by Crippen LogP contribution is 2.44. The fourth-order valence-electron chi connectivity index (χ4n) is 1.58. The van der Waals surface area contributed by atoms with Gasteiger partial charge in [-0.15, -0.1) is 0 Å². The summed E-state index contributed by atoms with van der Waals surface area (Å²) < 4.78 is 0. The molecule has 0 amide bonds. The van der Waals surface area contributed by atoms with E-state index in [1.807, 2.05) is 0 Å². The van der Waals surface area contributed by atoms with E-state index >= 15 is 0 Å². The Kier molecular flexibility index (Phi) is 2.28. The van der Waals surface area contributed by atoms with Gasteiger partial charge in [-0.2, -0.15) is 0 Å². The summed E-state index contributed by atoms with van der Waals surface area (Å²) in [7, 11) is 0. The van der Waals surface area contributed by atoms with Crippen molar-refractivity contribution in [2.75, 3.05) is 19.8 Å². The standard InChI is InChI=1S/C7H15NO2/c8-4-7(5-10)2-1-6(7)3-9/h6,9-10H,1-5,8H2/t6-,7+/m0/s1. The molecule has 0 bridgehead atoms. The molecule has 0 aliphatic heterocycles. The van der Waals surface area contributed by atoms with E-state index in [0.717, 1.165) is 12.8 Å². The first-order valence-corrected chi connectivity index (χ1v) is 3.71. The Hall–Kier alpha value is -0.120. The minimum atomic E-state index is -0.144. The average molecular weight is 145 g/mol. The first-order chi connectivity index (χ1) is 4.79. The predicted molar refractivity (Wildman–Crippen MR) is 38.4 cm³/mol. The van der Waals surface area contributed by atoms with Crippen molar-refractivity contribution in [3.8, 4) is 0 Å². The third kappa shape index (κ3) is 0.944. The first kappa shape index (κ1) is 7.98. The molecule has 3 heteroatoms. The summed E-state index contributed by atoms with van der Waals surface area (Å²) in [5.41, 5.74) is 5.33. The number of nitrogens with two attached hydrogens (primary N) is 1. The lowest BCUT2D eigenvalue weighted by Gasteiger charge is -2.47. The minimum Gasteiger partial charge on any atom is -0.396 e. The molecule has 1 fully saturated rings. The van der Waals surface area contributed by atoms with Crippen LogP contribution < -0.4 is 5.73 Å². The van der Waals surface area contributed by atoms with Gasteiger partial charge in [-0.1, -0.05) is 0 Å². The molecule has 10 heavy (non-hydrogen) atoms. The van der Waals surface area contributed by atoms with Crippen molar-refractivity contribution in [1.82, 2.24) is 0 Å². The van der Waals surface area contributed by atoms with Crippen LogP contribution in [-0.2, 0) is 0 Å².